The number of hydrogen-bond donors (Lipinski definition) is 1. The Morgan fingerprint density at radius 1 is 0.839 bits per heavy atom. The highest BCUT2D eigenvalue weighted by molar-refractivity contribution is 7.90. The summed E-state index contributed by atoms with van der Waals surface area (Å²) < 4.78 is 51.7. The van der Waals surface area contributed by atoms with Gasteiger partial charge in [0.2, 0.25) is 0 Å². The molecule has 4 aromatic rings. The summed E-state index contributed by atoms with van der Waals surface area (Å²) in [4.78, 5) is 9.29. The summed E-state index contributed by atoms with van der Waals surface area (Å²) in [5.74, 6) is -1.50. The number of rotatable bonds is 5. The van der Waals surface area contributed by atoms with Gasteiger partial charge in [-0.1, -0.05) is 30.3 Å². The number of hydrogen-bond acceptors (Lipinski definition) is 5. The molecule has 0 aliphatic carbocycles. The second kappa shape index (κ2) is 8.03. The molecule has 1 N–H and O–H groups in total. The topological polar surface area (TPSA) is 72.0 Å². The Kier molecular flexibility index (Phi) is 5.41. The minimum absolute atomic E-state index is 0.126. The standard InChI is InChI=1S/C23H19F2N3O2S/c1-14-23(27-21-9-4-3-8-20(21)26-14)28-22(16-10-11-18(24)19(25)13-16)15-6-5-7-17(12-15)31(2,29)30/h3-13,22H,1-2H3,(H,27,28). The molecule has 0 spiro atoms. The molecule has 1 unspecified atom stereocenters. The van der Waals surface area contributed by atoms with E-state index < -0.39 is 27.5 Å². The highest BCUT2D eigenvalue weighted by Crippen LogP contribution is 2.30. The van der Waals surface area contributed by atoms with Crippen LogP contribution in [-0.2, 0) is 9.84 Å². The maximum Gasteiger partial charge on any atom is 0.175 e. The molecule has 0 saturated heterocycles. The third-order valence-electron chi connectivity index (χ3n) is 4.92. The van der Waals surface area contributed by atoms with Crippen LogP contribution in [0.1, 0.15) is 22.9 Å². The summed E-state index contributed by atoms with van der Waals surface area (Å²) >= 11 is 0. The molecular weight excluding hydrogens is 420 g/mol. The molecule has 31 heavy (non-hydrogen) atoms. The molecule has 4 rings (SSSR count). The second-order valence-corrected chi connectivity index (χ2v) is 9.26. The van der Waals surface area contributed by atoms with Crippen molar-refractivity contribution in [2.75, 3.05) is 11.6 Å². The number of aryl methyl sites for hydroxylation is 1. The fourth-order valence-electron chi connectivity index (χ4n) is 3.34. The van der Waals surface area contributed by atoms with Crippen molar-refractivity contribution in [1.29, 1.82) is 0 Å². The average molecular weight is 439 g/mol. The Morgan fingerprint density at radius 2 is 1.52 bits per heavy atom. The van der Waals surface area contributed by atoms with Gasteiger partial charge in [-0.2, -0.15) is 0 Å². The molecule has 158 valence electrons. The number of para-hydroxylation sites is 2. The number of halogens is 2. The maximum absolute atomic E-state index is 14.0. The molecule has 0 aliphatic rings. The molecule has 0 radical (unpaired) electrons. The van der Waals surface area contributed by atoms with Crippen LogP contribution in [0.5, 0.6) is 0 Å². The first-order valence-corrected chi connectivity index (χ1v) is 11.4. The zero-order valence-electron chi connectivity index (χ0n) is 16.8. The molecular formula is C23H19F2N3O2S. The zero-order valence-corrected chi connectivity index (χ0v) is 17.6. The molecule has 8 heteroatoms. The third kappa shape index (κ3) is 4.39. The SMILES string of the molecule is Cc1nc2ccccc2nc1NC(c1cccc(S(C)(=O)=O)c1)c1ccc(F)c(F)c1. The minimum atomic E-state index is -3.46. The van der Waals surface area contributed by atoms with E-state index in [9.17, 15) is 17.2 Å². The lowest BCUT2D eigenvalue weighted by atomic mass is 9.98. The van der Waals surface area contributed by atoms with Crippen LogP contribution in [0.4, 0.5) is 14.6 Å². The van der Waals surface area contributed by atoms with Crippen LogP contribution in [0.2, 0.25) is 0 Å². The number of sulfone groups is 1. The molecule has 0 aliphatic heterocycles. The van der Waals surface area contributed by atoms with Crippen LogP contribution < -0.4 is 5.32 Å². The van der Waals surface area contributed by atoms with E-state index >= 15 is 0 Å². The first kappa shape index (κ1) is 20.9. The Labute approximate surface area is 178 Å². The van der Waals surface area contributed by atoms with Gasteiger partial charge < -0.3 is 5.32 Å². The van der Waals surface area contributed by atoms with E-state index in [0.29, 0.717) is 28.2 Å². The van der Waals surface area contributed by atoms with Crippen molar-refractivity contribution in [3.63, 3.8) is 0 Å². The number of fused-ring (bicyclic) bond motifs is 1. The van der Waals surface area contributed by atoms with Gasteiger partial charge in [-0.25, -0.2) is 27.2 Å². The monoisotopic (exact) mass is 439 g/mol. The molecule has 3 aromatic carbocycles. The third-order valence-corrected chi connectivity index (χ3v) is 6.03. The van der Waals surface area contributed by atoms with E-state index in [2.05, 4.69) is 15.3 Å². The predicted molar refractivity (Wildman–Crippen MR) is 116 cm³/mol. The van der Waals surface area contributed by atoms with Crippen LogP contribution in [0.25, 0.3) is 11.0 Å². The van der Waals surface area contributed by atoms with E-state index in [0.717, 1.165) is 23.9 Å². The fourth-order valence-corrected chi connectivity index (χ4v) is 4.01. The van der Waals surface area contributed by atoms with Gasteiger partial charge in [-0.3, -0.25) is 0 Å². The quantitative estimate of drug-likeness (QED) is 0.483. The van der Waals surface area contributed by atoms with Crippen LogP contribution in [0.15, 0.2) is 71.6 Å². The van der Waals surface area contributed by atoms with Gasteiger partial charge in [0.15, 0.2) is 21.5 Å². The zero-order chi connectivity index (χ0) is 22.2. The number of aromatic nitrogens is 2. The van der Waals surface area contributed by atoms with E-state index in [1.165, 1.54) is 18.2 Å². The summed E-state index contributed by atoms with van der Waals surface area (Å²) in [6.45, 7) is 1.79. The van der Waals surface area contributed by atoms with Gasteiger partial charge in [0.25, 0.3) is 0 Å². The average Bonchev–Trinajstić information content (AvgIpc) is 2.74. The van der Waals surface area contributed by atoms with Crippen molar-refractivity contribution in [1.82, 2.24) is 9.97 Å². The maximum atomic E-state index is 14.0. The highest BCUT2D eigenvalue weighted by Gasteiger charge is 2.20. The van der Waals surface area contributed by atoms with Gasteiger partial charge in [-0.15, -0.1) is 0 Å². The first-order valence-electron chi connectivity index (χ1n) is 9.47. The van der Waals surface area contributed by atoms with E-state index in [1.807, 2.05) is 24.3 Å². The van der Waals surface area contributed by atoms with Gasteiger partial charge >= 0.3 is 0 Å². The Bertz CT molecular complexity index is 1390. The summed E-state index contributed by atoms with van der Waals surface area (Å²) in [6.07, 6.45) is 1.12. The molecule has 1 heterocycles. The lowest BCUT2D eigenvalue weighted by Crippen LogP contribution is -2.16. The highest BCUT2D eigenvalue weighted by atomic mass is 32.2. The minimum Gasteiger partial charge on any atom is -0.358 e. The lowest BCUT2D eigenvalue weighted by Gasteiger charge is -2.22. The van der Waals surface area contributed by atoms with E-state index in [4.69, 9.17) is 0 Å². The molecule has 0 bridgehead atoms. The number of nitrogens with zero attached hydrogens (tertiary/aromatic N) is 2. The molecule has 5 nitrogen and oxygen atoms in total. The lowest BCUT2D eigenvalue weighted by molar-refractivity contribution is 0.506. The van der Waals surface area contributed by atoms with Crippen molar-refractivity contribution >= 4 is 26.7 Å². The fraction of sp³-hybridized carbons (Fsp3) is 0.130. The summed E-state index contributed by atoms with van der Waals surface area (Å²) in [6, 6.07) is 16.6. The number of nitrogens with one attached hydrogen (secondary N) is 1. The number of benzene rings is 3. The first-order chi connectivity index (χ1) is 14.7. The largest absolute Gasteiger partial charge is 0.358 e. The van der Waals surface area contributed by atoms with Gasteiger partial charge in [0.1, 0.15) is 5.82 Å². The van der Waals surface area contributed by atoms with Crippen molar-refractivity contribution < 1.29 is 17.2 Å². The molecule has 0 saturated carbocycles. The van der Waals surface area contributed by atoms with Gasteiger partial charge in [-0.05, 0) is 54.4 Å². The van der Waals surface area contributed by atoms with Crippen LogP contribution in [0.3, 0.4) is 0 Å². The normalized spacial score (nSPS) is 12.6. The number of anilines is 1. The molecule has 1 atom stereocenters. The van der Waals surface area contributed by atoms with Gasteiger partial charge in [0, 0.05) is 6.26 Å². The molecule has 0 fully saturated rings. The van der Waals surface area contributed by atoms with Crippen molar-refractivity contribution in [3.05, 3.63) is 95.2 Å². The van der Waals surface area contributed by atoms with Crippen LogP contribution in [-0.4, -0.2) is 24.6 Å². The van der Waals surface area contributed by atoms with Crippen LogP contribution >= 0.6 is 0 Å². The van der Waals surface area contributed by atoms with Crippen LogP contribution in [0, 0.1) is 18.6 Å². The Balaban J connectivity index is 1.85. The molecule has 0 amide bonds. The smallest absolute Gasteiger partial charge is 0.175 e. The van der Waals surface area contributed by atoms with Gasteiger partial charge in [0.05, 0.1) is 27.7 Å². The Hall–Kier alpha value is -3.39. The summed E-state index contributed by atoms with van der Waals surface area (Å²) in [5, 5.41) is 3.24. The summed E-state index contributed by atoms with van der Waals surface area (Å²) in [5.41, 5.74) is 2.99. The second-order valence-electron chi connectivity index (χ2n) is 7.24. The van der Waals surface area contributed by atoms with Crippen molar-refractivity contribution in [2.45, 2.75) is 17.9 Å². The predicted octanol–water partition coefficient (Wildman–Crippen LogP) is 4.82. The van der Waals surface area contributed by atoms with Crippen molar-refractivity contribution in [3.8, 4) is 0 Å². The van der Waals surface area contributed by atoms with E-state index in [1.54, 1.807) is 19.1 Å². The van der Waals surface area contributed by atoms with E-state index in [-0.39, 0.29) is 4.90 Å². The van der Waals surface area contributed by atoms with Crippen molar-refractivity contribution in [2.24, 2.45) is 0 Å². The Morgan fingerprint density at radius 3 is 2.19 bits per heavy atom. The molecule has 1 aromatic heterocycles. The summed E-state index contributed by atoms with van der Waals surface area (Å²) in [7, 11) is -3.46.